The van der Waals surface area contributed by atoms with Crippen LogP contribution in [-0.4, -0.2) is 112 Å². The van der Waals surface area contributed by atoms with Crippen LogP contribution >= 0.6 is 0 Å². The molecule has 0 unspecified atom stereocenters. The van der Waals surface area contributed by atoms with Crippen LogP contribution in [0.3, 0.4) is 0 Å². The highest BCUT2D eigenvalue weighted by atomic mass is 32.2. The summed E-state index contributed by atoms with van der Waals surface area (Å²) in [5.74, 6) is 4.04. The smallest absolute Gasteiger partial charge is 0.215 e. The maximum absolute atomic E-state index is 13.0. The number of ether oxygens (including phenoxy) is 8. The number of benzene rings is 4. The van der Waals surface area contributed by atoms with E-state index in [-0.39, 0.29) is 57.1 Å². The van der Waals surface area contributed by atoms with E-state index in [0.717, 1.165) is 0 Å². The molecule has 0 aliphatic heterocycles. The van der Waals surface area contributed by atoms with Crippen LogP contribution in [0.4, 0.5) is 0 Å². The molecule has 0 aliphatic carbocycles. The van der Waals surface area contributed by atoms with Gasteiger partial charge in [0.2, 0.25) is 20.0 Å². The lowest BCUT2D eigenvalue weighted by Crippen LogP contribution is -2.32. The molecule has 0 heterocycles. The lowest BCUT2D eigenvalue weighted by Gasteiger charge is -2.24. The first kappa shape index (κ1) is 49.1. The van der Waals surface area contributed by atoms with Crippen molar-refractivity contribution in [3.05, 3.63) is 95.1 Å². The zero-order valence-electron chi connectivity index (χ0n) is 35.3. The molecule has 4 rings (SSSR count). The van der Waals surface area contributed by atoms with E-state index in [9.17, 15) is 21.6 Å². The Labute approximate surface area is 353 Å². The van der Waals surface area contributed by atoms with Gasteiger partial charge in [0.25, 0.3) is 0 Å². The Balaban J connectivity index is 0.000000320. The monoisotopic (exact) mass is 876 g/mol. The molecule has 18 heteroatoms. The number of nitrogens with zero attached hydrogens (tertiary/aromatic N) is 2. The molecule has 4 aromatic carbocycles. The minimum Gasteiger partial charge on any atom is -0.497 e. The van der Waals surface area contributed by atoms with E-state index in [4.69, 9.17) is 43.0 Å². The number of sulfonamides is 2. The Bertz CT molecular complexity index is 2090. The summed E-state index contributed by atoms with van der Waals surface area (Å²) in [6.45, 7) is 0.101. The second kappa shape index (κ2) is 24.1. The third-order valence-electron chi connectivity index (χ3n) is 9.20. The summed E-state index contributed by atoms with van der Waals surface area (Å²) in [4.78, 5) is 10.8. The summed E-state index contributed by atoms with van der Waals surface area (Å²) in [5.41, 5.74) is 2.72. The molecule has 0 amide bonds. The largest absolute Gasteiger partial charge is 0.497 e. The molecule has 16 nitrogen and oxygen atoms in total. The van der Waals surface area contributed by atoms with E-state index in [0.29, 0.717) is 74.5 Å². The third-order valence-corrected chi connectivity index (χ3v) is 12.9. The number of rotatable bonds is 24. The van der Waals surface area contributed by atoms with Crippen molar-refractivity contribution < 1.29 is 64.6 Å². The number of carbonyl (C=O) groups is 1. The van der Waals surface area contributed by atoms with Gasteiger partial charge in [-0.1, -0.05) is 24.3 Å². The highest BCUT2D eigenvalue weighted by molar-refractivity contribution is 7.89. The number of aliphatic hydroxyl groups excluding tert-OH is 1. The summed E-state index contributed by atoms with van der Waals surface area (Å²) in [7, 11) is 4.86. The topological polar surface area (TPSA) is 186 Å². The van der Waals surface area contributed by atoms with Gasteiger partial charge in [0, 0.05) is 85.7 Å². The third kappa shape index (κ3) is 13.9. The zero-order valence-corrected chi connectivity index (χ0v) is 37.0. The molecule has 0 aliphatic rings. The Hall–Kier alpha value is -5.27. The Kier molecular flexibility index (Phi) is 19.7. The second-order valence-corrected chi connectivity index (χ2v) is 17.1. The maximum atomic E-state index is 13.0. The first-order valence-electron chi connectivity index (χ1n) is 18.6. The summed E-state index contributed by atoms with van der Waals surface area (Å²) in [6.07, 6.45) is 0.661. The predicted octanol–water partition coefficient (Wildman–Crippen LogP) is 5.08. The molecule has 0 radical (unpaired) electrons. The van der Waals surface area contributed by atoms with Crippen molar-refractivity contribution in [1.29, 1.82) is 0 Å². The first-order chi connectivity index (χ1) is 28.8. The Morgan fingerprint density at radius 1 is 0.467 bits per heavy atom. The lowest BCUT2D eigenvalue weighted by atomic mass is 10.1. The van der Waals surface area contributed by atoms with Gasteiger partial charge < -0.3 is 47.8 Å². The van der Waals surface area contributed by atoms with Crippen LogP contribution in [0.1, 0.15) is 35.1 Å². The highest BCUT2D eigenvalue weighted by Crippen LogP contribution is 2.32. The van der Waals surface area contributed by atoms with Crippen molar-refractivity contribution in [3.8, 4) is 46.0 Å². The minimum atomic E-state index is -3.73. The van der Waals surface area contributed by atoms with Crippen molar-refractivity contribution in [2.24, 2.45) is 0 Å². The van der Waals surface area contributed by atoms with E-state index >= 15 is 0 Å². The van der Waals surface area contributed by atoms with Crippen LogP contribution in [0.25, 0.3) is 0 Å². The molecular formula is C42H56N2O14S2. The van der Waals surface area contributed by atoms with Crippen LogP contribution in [0.2, 0.25) is 0 Å². The van der Waals surface area contributed by atoms with Gasteiger partial charge in [-0.25, -0.2) is 16.8 Å². The van der Waals surface area contributed by atoms with Crippen molar-refractivity contribution in [1.82, 2.24) is 8.61 Å². The van der Waals surface area contributed by atoms with Crippen molar-refractivity contribution in [3.63, 3.8) is 0 Å². The van der Waals surface area contributed by atoms with Gasteiger partial charge in [0.1, 0.15) is 52.3 Å². The van der Waals surface area contributed by atoms with Gasteiger partial charge in [-0.05, 0) is 30.7 Å². The average molecular weight is 877 g/mol. The highest BCUT2D eigenvalue weighted by Gasteiger charge is 2.27. The number of aliphatic hydroxyl groups is 1. The number of carbonyl (C=O) groups excluding carboxylic acids is 1. The normalized spacial score (nSPS) is 11.3. The summed E-state index contributed by atoms with van der Waals surface area (Å²) in [6, 6.07) is 20.9. The maximum Gasteiger partial charge on any atom is 0.215 e. The standard InChI is InChI=1S/C21H29NO7S.C21H27NO7S/c2*1-26-18-8-6-16(20(12-18)28-3)14-22(30(24,25)11-5-10-23)15-17-7-9-19(27-2)13-21(17)29-4/h6-9,12-13,23H,5,10-11,14-15H2,1-4H3;6-10,12-13H,5,11,14-15H2,1-4H3. The molecule has 4 aromatic rings. The Morgan fingerprint density at radius 2 is 0.750 bits per heavy atom. The minimum absolute atomic E-state index is 0.0591. The molecule has 0 aromatic heterocycles. The van der Waals surface area contributed by atoms with E-state index < -0.39 is 20.0 Å². The number of hydrogen-bond donors (Lipinski definition) is 1. The molecule has 0 saturated heterocycles. The van der Waals surface area contributed by atoms with E-state index in [1.54, 1.807) is 101 Å². The summed E-state index contributed by atoms with van der Waals surface area (Å²) >= 11 is 0. The molecule has 0 spiro atoms. The molecule has 0 saturated carbocycles. The summed E-state index contributed by atoms with van der Waals surface area (Å²) in [5, 5.41) is 9.12. The molecule has 0 atom stereocenters. The van der Waals surface area contributed by atoms with Gasteiger partial charge in [0.05, 0.1) is 68.4 Å². The van der Waals surface area contributed by atoms with Gasteiger partial charge in [-0.2, -0.15) is 8.61 Å². The van der Waals surface area contributed by atoms with Crippen molar-refractivity contribution in [2.45, 2.75) is 39.0 Å². The molecule has 60 heavy (non-hydrogen) atoms. The molecule has 330 valence electrons. The van der Waals surface area contributed by atoms with Crippen LogP contribution < -0.4 is 37.9 Å². The molecule has 0 bridgehead atoms. The van der Waals surface area contributed by atoms with Gasteiger partial charge in [-0.15, -0.1) is 0 Å². The molecular weight excluding hydrogens is 821 g/mol. The van der Waals surface area contributed by atoms with Crippen LogP contribution in [0, 0.1) is 0 Å². The van der Waals surface area contributed by atoms with Crippen LogP contribution in [0.15, 0.2) is 72.8 Å². The van der Waals surface area contributed by atoms with E-state index in [1.165, 1.54) is 37.0 Å². The van der Waals surface area contributed by atoms with Crippen molar-refractivity contribution in [2.75, 3.05) is 75.0 Å². The molecule has 1 N–H and O–H groups in total. The quantitative estimate of drug-likeness (QED) is 0.0920. The second-order valence-electron chi connectivity index (χ2n) is 12.9. The van der Waals surface area contributed by atoms with Crippen LogP contribution in [-0.2, 0) is 51.0 Å². The van der Waals surface area contributed by atoms with Gasteiger partial charge in [0.15, 0.2) is 0 Å². The fourth-order valence-corrected chi connectivity index (χ4v) is 8.64. The van der Waals surface area contributed by atoms with Gasteiger partial charge in [-0.3, -0.25) is 0 Å². The zero-order chi connectivity index (χ0) is 44.3. The fraction of sp³-hybridized carbons (Fsp3) is 0.405. The number of aldehydes is 1. The fourth-order valence-electron chi connectivity index (χ4n) is 5.90. The van der Waals surface area contributed by atoms with E-state index in [2.05, 4.69) is 0 Å². The predicted molar refractivity (Wildman–Crippen MR) is 227 cm³/mol. The Morgan fingerprint density at radius 3 is 0.983 bits per heavy atom. The SMILES string of the molecule is COc1ccc(CN(Cc2ccc(OC)cc2OC)S(=O)(=O)CCC=O)c(OC)c1.COc1ccc(CN(Cc2ccc(OC)cc2OC)S(=O)(=O)CCCO)c(OC)c1. The first-order valence-corrected chi connectivity index (χ1v) is 21.8. The number of methoxy groups -OCH3 is 8. The number of hydrogen-bond acceptors (Lipinski definition) is 14. The van der Waals surface area contributed by atoms with Crippen molar-refractivity contribution >= 4 is 26.3 Å². The average Bonchev–Trinajstić information content (AvgIpc) is 3.27. The lowest BCUT2D eigenvalue weighted by molar-refractivity contribution is -0.107. The van der Waals surface area contributed by atoms with Crippen LogP contribution in [0.5, 0.6) is 46.0 Å². The van der Waals surface area contributed by atoms with Gasteiger partial charge >= 0.3 is 0 Å². The molecule has 0 fully saturated rings. The van der Waals surface area contributed by atoms with E-state index in [1.807, 2.05) is 0 Å². The summed E-state index contributed by atoms with van der Waals surface area (Å²) < 4.78 is 97.2.